The molecule has 1 heterocycles. The van der Waals surface area contributed by atoms with E-state index in [1.165, 1.54) is 0 Å². The van der Waals surface area contributed by atoms with Crippen molar-refractivity contribution in [1.82, 2.24) is 4.90 Å². The predicted molar refractivity (Wildman–Crippen MR) is 31.4 cm³/mol. The second kappa shape index (κ2) is 1.99. The maximum atomic E-state index is 10.1. The summed E-state index contributed by atoms with van der Waals surface area (Å²) in [6.45, 7) is 4.54. The molecule has 0 bridgehead atoms. The molecule has 1 rings (SSSR count). The van der Waals surface area contributed by atoms with Crippen LogP contribution in [0.25, 0.3) is 0 Å². The molecule has 1 aliphatic rings. The lowest BCUT2D eigenvalue weighted by atomic mass is 10.1. The molecule has 0 N–H and O–H groups in total. The predicted octanol–water partition coefficient (Wildman–Crippen LogP) is 0.403. The van der Waals surface area contributed by atoms with E-state index in [4.69, 9.17) is 0 Å². The van der Waals surface area contributed by atoms with Crippen molar-refractivity contribution in [1.29, 1.82) is 0 Å². The first-order chi connectivity index (χ1) is 3.88. The van der Waals surface area contributed by atoms with Crippen LogP contribution in [0.4, 0.5) is 0 Å². The molecule has 0 radical (unpaired) electrons. The number of hydrogen-bond acceptors (Lipinski definition) is 2. The van der Waals surface area contributed by atoms with Crippen LogP contribution < -0.4 is 0 Å². The fraction of sp³-hybridized carbons (Fsp3) is 0.500. The van der Waals surface area contributed by atoms with Crippen molar-refractivity contribution in [2.45, 2.75) is 12.5 Å². The Labute approximate surface area is 48.8 Å². The molecule has 1 atom stereocenters. The summed E-state index contributed by atoms with van der Waals surface area (Å²) in [5.41, 5.74) is 0. The van der Waals surface area contributed by atoms with Crippen molar-refractivity contribution < 1.29 is 4.79 Å². The molecule has 0 aromatic carbocycles. The Kier molecular flexibility index (Phi) is 1.33. The molecule has 1 saturated heterocycles. The summed E-state index contributed by atoms with van der Waals surface area (Å²) in [6, 6.07) is 0.132. The molecule has 0 saturated carbocycles. The van der Waals surface area contributed by atoms with Gasteiger partial charge in [0.25, 0.3) is 0 Å². The summed E-state index contributed by atoms with van der Waals surface area (Å²) in [4.78, 5) is 12.0. The molecule has 0 aliphatic carbocycles. The highest BCUT2D eigenvalue weighted by molar-refractivity contribution is 5.59. The van der Waals surface area contributed by atoms with E-state index in [2.05, 4.69) is 6.58 Å². The van der Waals surface area contributed by atoms with E-state index < -0.39 is 0 Å². The number of aldehydes is 1. The van der Waals surface area contributed by atoms with Crippen LogP contribution in [0.5, 0.6) is 0 Å². The van der Waals surface area contributed by atoms with Gasteiger partial charge in [-0.05, 0) is 12.6 Å². The molecule has 2 heteroatoms. The summed E-state index contributed by atoms with van der Waals surface area (Å²) in [5.74, 6) is 0. The van der Waals surface area contributed by atoms with Gasteiger partial charge in [-0.25, -0.2) is 0 Å². The highest BCUT2D eigenvalue weighted by Crippen LogP contribution is 2.13. The minimum atomic E-state index is 0.132. The number of rotatable bonds is 2. The molecule has 0 spiro atoms. The highest BCUT2D eigenvalue weighted by atomic mass is 16.1. The third-order valence-corrected chi connectivity index (χ3v) is 1.50. The molecule has 1 aliphatic heterocycles. The van der Waals surface area contributed by atoms with Crippen LogP contribution in [-0.4, -0.2) is 23.8 Å². The van der Waals surface area contributed by atoms with Crippen molar-refractivity contribution in [3.05, 3.63) is 12.8 Å². The topological polar surface area (TPSA) is 20.3 Å². The molecule has 8 heavy (non-hydrogen) atoms. The normalized spacial score (nSPS) is 26.5. The number of nitrogens with zero attached hydrogens (tertiary/aromatic N) is 1. The Hall–Kier alpha value is -0.790. The Morgan fingerprint density at radius 3 is 2.62 bits per heavy atom. The van der Waals surface area contributed by atoms with E-state index in [-0.39, 0.29) is 6.04 Å². The number of carbonyl (C=O) groups is 1. The van der Waals surface area contributed by atoms with E-state index in [1.807, 2.05) is 4.90 Å². The fourth-order valence-electron chi connectivity index (χ4n) is 0.800. The summed E-state index contributed by atoms with van der Waals surface area (Å²) >= 11 is 0. The summed E-state index contributed by atoms with van der Waals surface area (Å²) < 4.78 is 0. The zero-order valence-corrected chi connectivity index (χ0v) is 4.71. The monoisotopic (exact) mass is 111 g/mol. The lowest BCUT2D eigenvalue weighted by molar-refractivity contribution is -0.114. The van der Waals surface area contributed by atoms with Crippen LogP contribution in [0.3, 0.4) is 0 Å². The van der Waals surface area contributed by atoms with Crippen molar-refractivity contribution in [3.8, 4) is 0 Å². The van der Waals surface area contributed by atoms with E-state index in [9.17, 15) is 4.79 Å². The third kappa shape index (κ3) is 0.619. The quantitative estimate of drug-likeness (QED) is 0.481. The highest BCUT2D eigenvalue weighted by Gasteiger charge is 2.22. The van der Waals surface area contributed by atoms with Gasteiger partial charge in [0.1, 0.15) is 6.29 Å². The maximum Gasteiger partial charge on any atom is 0.142 e. The van der Waals surface area contributed by atoms with Crippen LogP contribution in [0, 0.1) is 0 Å². The second-order valence-corrected chi connectivity index (χ2v) is 1.91. The van der Waals surface area contributed by atoms with Crippen LogP contribution in [-0.2, 0) is 4.79 Å². The number of carbonyl (C=O) groups excluding carboxylic acids is 1. The molecule has 2 nitrogen and oxygen atoms in total. The van der Waals surface area contributed by atoms with Gasteiger partial charge in [-0.15, -0.1) is 0 Å². The van der Waals surface area contributed by atoms with Crippen molar-refractivity contribution in [2.24, 2.45) is 0 Å². The zero-order chi connectivity index (χ0) is 5.98. The van der Waals surface area contributed by atoms with Gasteiger partial charge in [-0.2, -0.15) is 0 Å². The molecular formula is C6H9NO. The summed E-state index contributed by atoms with van der Waals surface area (Å²) in [5, 5.41) is 0. The molecule has 0 amide bonds. The maximum absolute atomic E-state index is 10.1. The molecule has 0 aromatic heterocycles. The van der Waals surface area contributed by atoms with Gasteiger partial charge in [0.2, 0.25) is 0 Å². The standard InChI is InChI=1S/C6H9NO/c1-2-7-4-3-6(7)5-8/h2,5-6H,1,3-4H2. The minimum absolute atomic E-state index is 0.132. The van der Waals surface area contributed by atoms with Gasteiger partial charge >= 0.3 is 0 Å². The number of hydrogen-bond donors (Lipinski definition) is 0. The Morgan fingerprint density at radius 1 is 1.75 bits per heavy atom. The van der Waals surface area contributed by atoms with Crippen molar-refractivity contribution >= 4 is 6.29 Å². The number of likely N-dealkylation sites (tertiary alicyclic amines) is 1. The third-order valence-electron chi connectivity index (χ3n) is 1.50. The molecule has 1 unspecified atom stereocenters. The van der Waals surface area contributed by atoms with E-state index in [0.29, 0.717) is 0 Å². The van der Waals surface area contributed by atoms with Crippen LogP contribution in [0.1, 0.15) is 6.42 Å². The van der Waals surface area contributed by atoms with Crippen LogP contribution in [0.2, 0.25) is 0 Å². The van der Waals surface area contributed by atoms with E-state index in [1.54, 1.807) is 6.20 Å². The van der Waals surface area contributed by atoms with Gasteiger partial charge in [0.15, 0.2) is 0 Å². The Bertz CT molecular complexity index is 97.1. The van der Waals surface area contributed by atoms with Gasteiger partial charge < -0.3 is 9.69 Å². The largest absolute Gasteiger partial charge is 0.368 e. The zero-order valence-electron chi connectivity index (χ0n) is 4.71. The Morgan fingerprint density at radius 2 is 2.50 bits per heavy atom. The van der Waals surface area contributed by atoms with Crippen molar-refractivity contribution in [2.75, 3.05) is 6.54 Å². The SMILES string of the molecule is C=CN1CCC1C=O. The average Bonchev–Trinajstić information content (AvgIpc) is 1.66. The lowest BCUT2D eigenvalue weighted by Gasteiger charge is -2.35. The molecule has 1 fully saturated rings. The van der Waals surface area contributed by atoms with E-state index >= 15 is 0 Å². The smallest absolute Gasteiger partial charge is 0.142 e. The van der Waals surface area contributed by atoms with E-state index in [0.717, 1.165) is 19.3 Å². The first-order valence-corrected chi connectivity index (χ1v) is 2.72. The van der Waals surface area contributed by atoms with Crippen LogP contribution >= 0.6 is 0 Å². The van der Waals surface area contributed by atoms with Crippen molar-refractivity contribution in [3.63, 3.8) is 0 Å². The average molecular weight is 111 g/mol. The lowest BCUT2D eigenvalue weighted by Crippen LogP contribution is -2.44. The van der Waals surface area contributed by atoms with Gasteiger partial charge in [0, 0.05) is 6.54 Å². The first kappa shape index (κ1) is 5.35. The van der Waals surface area contributed by atoms with Gasteiger partial charge in [-0.3, -0.25) is 0 Å². The second-order valence-electron chi connectivity index (χ2n) is 1.91. The van der Waals surface area contributed by atoms with Crippen LogP contribution in [0.15, 0.2) is 12.8 Å². The molecule has 44 valence electrons. The molecular weight excluding hydrogens is 102 g/mol. The molecule has 0 aromatic rings. The first-order valence-electron chi connectivity index (χ1n) is 2.72. The summed E-state index contributed by atoms with van der Waals surface area (Å²) in [6.07, 6.45) is 3.67. The Balaban J connectivity index is 2.36. The minimum Gasteiger partial charge on any atom is -0.368 e. The summed E-state index contributed by atoms with van der Waals surface area (Å²) in [7, 11) is 0. The van der Waals surface area contributed by atoms with Gasteiger partial charge in [0.05, 0.1) is 6.04 Å². The fourth-order valence-corrected chi connectivity index (χ4v) is 0.800. The van der Waals surface area contributed by atoms with Gasteiger partial charge in [-0.1, -0.05) is 6.58 Å².